The van der Waals surface area contributed by atoms with Crippen LogP contribution in [0.15, 0.2) is 51.8 Å². The average Bonchev–Trinajstić information content (AvgIpc) is 3.26. The Morgan fingerprint density at radius 2 is 2.08 bits per heavy atom. The van der Waals surface area contributed by atoms with Crippen molar-refractivity contribution in [2.24, 2.45) is 0 Å². The van der Waals surface area contributed by atoms with E-state index in [1.165, 1.54) is 0 Å². The van der Waals surface area contributed by atoms with Crippen molar-refractivity contribution < 1.29 is 14.4 Å². The first-order valence-electron chi connectivity index (χ1n) is 7.37. The Hall–Kier alpha value is -2.51. The first-order chi connectivity index (χ1) is 11.7. The smallest absolute Gasteiger partial charge is 0.290 e. The number of thiazole rings is 1. The molecule has 1 aromatic carbocycles. The number of aromatic nitrogens is 2. The van der Waals surface area contributed by atoms with Gasteiger partial charge in [-0.1, -0.05) is 35.5 Å². The maximum atomic E-state index is 8.36. The average molecular weight is 345 g/mol. The van der Waals surface area contributed by atoms with Crippen molar-refractivity contribution in [3.05, 3.63) is 58.7 Å². The van der Waals surface area contributed by atoms with Crippen LogP contribution in [0.25, 0.3) is 11.3 Å². The molecule has 0 spiro atoms. The van der Waals surface area contributed by atoms with Crippen LogP contribution in [0.4, 0.5) is 0 Å². The Labute approximate surface area is 144 Å². The van der Waals surface area contributed by atoms with E-state index in [0.29, 0.717) is 0 Å². The second-order valence-corrected chi connectivity index (χ2v) is 5.84. The van der Waals surface area contributed by atoms with E-state index in [1.807, 2.05) is 41.9 Å². The number of hydrogen-bond acceptors (Lipinski definition) is 6. The monoisotopic (exact) mass is 345 g/mol. The van der Waals surface area contributed by atoms with Crippen LogP contribution in [0.2, 0.25) is 0 Å². The molecule has 0 radical (unpaired) electrons. The maximum absolute atomic E-state index is 8.36. The minimum atomic E-state index is -0.250. The predicted octanol–water partition coefficient (Wildman–Crippen LogP) is 3.17. The lowest BCUT2D eigenvalue weighted by Gasteiger charge is -2.13. The molecule has 2 aromatic heterocycles. The van der Waals surface area contributed by atoms with Crippen LogP contribution in [0.1, 0.15) is 11.5 Å². The van der Waals surface area contributed by atoms with E-state index < -0.39 is 0 Å². The molecule has 1 N–H and O–H groups in total. The van der Waals surface area contributed by atoms with Crippen molar-refractivity contribution in [3.63, 3.8) is 0 Å². The lowest BCUT2D eigenvalue weighted by Crippen LogP contribution is -2.20. The van der Waals surface area contributed by atoms with Crippen LogP contribution in [0.5, 0.6) is 0 Å². The number of hydrogen-bond donors (Lipinski definition) is 1. The van der Waals surface area contributed by atoms with Crippen LogP contribution < -0.4 is 0 Å². The summed E-state index contributed by atoms with van der Waals surface area (Å²) in [6.45, 7) is 1.45. The molecular formula is C17H19N3O3S. The summed E-state index contributed by atoms with van der Waals surface area (Å²) in [4.78, 5) is 14.9. The molecule has 0 aliphatic carbocycles. The normalized spacial score (nSPS) is 10.2. The highest BCUT2D eigenvalue weighted by Crippen LogP contribution is 2.19. The number of benzene rings is 1. The first kappa shape index (κ1) is 17.8. The lowest BCUT2D eigenvalue weighted by atomic mass is 10.1. The second-order valence-electron chi connectivity index (χ2n) is 5.12. The zero-order chi connectivity index (χ0) is 17.2. The van der Waals surface area contributed by atoms with Gasteiger partial charge in [-0.25, -0.2) is 4.98 Å². The highest BCUT2D eigenvalue weighted by atomic mass is 32.1. The molecule has 0 aliphatic rings. The van der Waals surface area contributed by atoms with Gasteiger partial charge in [0.1, 0.15) is 5.69 Å². The van der Waals surface area contributed by atoms with Gasteiger partial charge in [-0.2, -0.15) is 0 Å². The van der Waals surface area contributed by atoms with E-state index >= 15 is 0 Å². The summed E-state index contributed by atoms with van der Waals surface area (Å²) in [5.74, 6) is 0.884. The van der Waals surface area contributed by atoms with E-state index in [1.54, 1.807) is 11.3 Å². The molecule has 0 amide bonds. The molecule has 6 nitrogen and oxygen atoms in total. The fourth-order valence-corrected chi connectivity index (χ4v) is 2.74. The standard InChI is InChI=1S/C16H17N3OS.CH2O2/c1-19(8-7-14-11-21-12-17-14)10-15-9-16(18-20-15)13-5-3-2-4-6-13;2-1-3/h2-6,9,11-12H,7-8,10H2,1H3;1H,(H,2,3). The third kappa shape index (κ3) is 5.60. The quantitative estimate of drug-likeness (QED) is 0.691. The first-order valence-corrected chi connectivity index (χ1v) is 8.31. The zero-order valence-electron chi connectivity index (χ0n) is 13.3. The van der Waals surface area contributed by atoms with Crippen molar-refractivity contribution in [1.82, 2.24) is 15.0 Å². The number of nitrogens with zero attached hydrogens (tertiary/aromatic N) is 3. The summed E-state index contributed by atoms with van der Waals surface area (Å²) in [6.07, 6.45) is 0.958. The molecule has 0 saturated carbocycles. The molecule has 0 aliphatic heterocycles. The lowest BCUT2D eigenvalue weighted by molar-refractivity contribution is -0.122. The van der Waals surface area contributed by atoms with Crippen LogP contribution in [-0.4, -0.2) is 40.2 Å². The molecule has 3 rings (SSSR count). The summed E-state index contributed by atoms with van der Waals surface area (Å²) in [7, 11) is 2.08. The number of carboxylic acid groups (broad SMARTS) is 1. The van der Waals surface area contributed by atoms with Crippen molar-refractivity contribution in [1.29, 1.82) is 0 Å². The molecule has 0 saturated heterocycles. The van der Waals surface area contributed by atoms with Gasteiger partial charge in [0.25, 0.3) is 6.47 Å². The van der Waals surface area contributed by atoms with Crippen LogP contribution >= 0.6 is 11.3 Å². The van der Waals surface area contributed by atoms with Gasteiger partial charge in [0, 0.05) is 30.0 Å². The van der Waals surface area contributed by atoms with Crippen LogP contribution in [0, 0.1) is 0 Å². The highest BCUT2D eigenvalue weighted by Gasteiger charge is 2.09. The molecule has 0 unspecified atom stereocenters. The van der Waals surface area contributed by atoms with E-state index in [9.17, 15) is 0 Å². The third-order valence-corrected chi connectivity index (χ3v) is 3.92. The highest BCUT2D eigenvalue weighted by molar-refractivity contribution is 7.07. The van der Waals surface area contributed by atoms with Gasteiger partial charge >= 0.3 is 0 Å². The SMILES string of the molecule is CN(CCc1cscn1)Cc1cc(-c2ccccc2)no1.O=CO. The molecule has 0 fully saturated rings. The molecule has 0 atom stereocenters. The minimum Gasteiger partial charge on any atom is -0.483 e. The topological polar surface area (TPSA) is 79.5 Å². The second kappa shape index (κ2) is 9.59. The number of carbonyl (C=O) groups is 1. The summed E-state index contributed by atoms with van der Waals surface area (Å²) >= 11 is 1.64. The summed E-state index contributed by atoms with van der Waals surface area (Å²) in [6, 6.07) is 12.1. The third-order valence-electron chi connectivity index (χ3n) is 3.29. The largest absolute Gasteiger partial charge is 0.483 e. The van der Waals surface area contributed by atoms with E-state index in [-0.39, 0.29) is 6.47 Å². The molecular weight excluding hydrogens is 326 g/mol. The number of likely N-dealkylation sites (N-methyl/N-ethyl adjacent to an activating group) is 1. The zero-order valence-corrected chi connectivity index (χ0v) is 14.1. The van der Waals surface area contributed by atoms with Crippen LogP contribution in [0.3, 0.4) is 0 Å². The van der Waals surface area contributed by atoms with Gasteiger partial charge < -0.3 is 9.63 Å². The van der Waals surface area contributed by atoms with Crippen molar-refractivity contribution in [3.8, 4) is 11.3 Å². The fourth-order valence-electron chi connectivity index (χ4n) is 2.14. The van der Waals surface area contributed by atoms with Crippen molar-refractivity contribution in [2.75, 3.05) is 13.6 Å². The molecule has 7 heteroatoms. The van der Waals surface area contributed by atoms with Gasteiger partial charge in [0.2, 0.25) is 0 Å². The Morgan fingerprint density at radius 3 is 2.75 bits per heavy atom. The molecule has 24 heavy (non-hydrogen) atoms. The Bertz CT molecular complexity index is 714. The number of rotatable bonds is 6. The molecule has 2 heterocycles. The van der Waals surface area contributed by atoms with E-state index in [0.717, 1.165) is 42.2 Å². The van der Waals surface area contributed by atoms with Gasteiger partial charge in [0.05, 0.1) is 17.7 Å². The van der Waals surface area contributed by atoms with Gasteiger partial charge in [-0.05, 0) is 7.05 Å². The maximum Gasteiger partial charge on any atom is 0.290 e. The Kier molecular flexibility index (Phi) is 7.13. The van der Waals surface area contributed by atoms with Gasteiger partial charge in [0.15, 0.2) is 5.76 Å². The van der Waals surface area contributed by atoms with Gasteiger partial charge in [-0.15, -0.1) is 11.3 Å². The van der Waals surface area contributed by atoms with E-state index in [2.05, 4.69) is 27.5 Å². The van der Waals surface area contributed by atoms with Crippen molar-refractivity contribution in [2.45, 2.75) is 13.0 Å². The minimum absolute atomic E-state index is 0.250. The van der Waals surface area contributed by atoms with Crippen molar-refractivity contribution >= 4 is 17.8 Å². The Balaban J connectivity index is 0.000000647. The van der Waals surface area contributed by atoms with E-state index in [4.69, 9.17) is 14.4 Å². The summed E-state index contributed by atoms with van der Waals surface area (Å²) in [5, 5.41) is 13.1. The fraction of sp³-hybridized carbons (Fsp3) is 0.235. The summed E-state index contributed by atoms with van der Waals surface area (Å²) < 4.78 is 5.42. The molecule has 3 aromatic rings. The molecule has 0 bridgehead atoms. The molecule has 126 valence electrons. The Morgan fingerprint density at radius 1 is 1.33 bits per heavy atom. The summed E-state index contributed by atoms with van der Waals surface area (Å²) in [5.41, 5.74) is 4.99. The van der Waals surface area contributed by atoms with Gasteiger partial charge in [-0.3, -0.25) is 9.69 Å². The predicted molar refractivity (Wildman–Crippen MR) is 92.8 cm³/mol. The van der Waals surface area contributed by atoms with Crippen LogP contribution in [-0.2, 0) is 17.8 Å².